The van der Waals surface area contributed by atoms with Crippen molar-refractivity contribution < 1.29 is 8.78 Å². The topological polar surface area (TPSA) is 12.0 Å². The van der Waals surface area contributed by atoms with Gasteiger partial charge in [-0.1, -0.05) is 46.6 Å². The molecule has 0 radical (unpaired) electrons. The van der Waals surface area contributed by atoms with Crippen LogP contribution in [0.5, 0.6) is 0 Å². The van der Waals surface area contributed by atoms with Gasteiger partial charge in [-0.2, -0.15) is 0 Å². The van der Waals surface area contributed by atoms with Gasteiger partial charge >= 0.3 is 0 Å². The first kappa shape index (κ1) is 16.4. The first-order valence-electron chi connectivity index (χ1n) is 6.66. The van der Waals surface area contributed by atoms with E-state index in [0.29, 0.717) is 17.7 Å². The molecule has 5 heteroatoms. The van der Waals surface area contributed by atoms with Gasteiger partial charge in [-0.15, -0.1) is 0 Å². The molecular formula is C16H15BrClF2N. The van der Waals surface area contributed by atoms with Gasteiger partial charge in [0, 0.05) is 15.6 Å². The number of hydrogen-bond acceptors (Lipinski definition) is 1. The van der Waals surface area contributed by atoms with Crippen LogP contribution in [0.2, 0.25) is 5.02 Å². The Morgan fingerprint density at radius 3 is 2.67 bits per heavy atom. The fourth-order valence-electron chi connectivity index (χ4n) is 2.16. The third-order valence-electron chi connectivity index (χ3n) is 3.16. The molecule has 21 heavy (non-hydrogen) atoms. The molecule has 1 atom stereocenters. The number of hydrogen-bond donors (Lipinski definition) is 1. The molecule has 1 unspecified atom stereocenters. The molecule has 0 aromatic heterocycles. The van der Waals surface area contributed by atoms with E-state index in [1.165, 1.54) is 12.1 Å². The maximum absolute atomic E-state index is 14.3. The molecule has 0 bridgehead atoms. The lowest BCUT2D eigenvalue weighted by atomic mass is 9.97. The van der Waals surface area contributed by atoms with Crippen molar-refractivity contribution in [1.29, 1.82) is 0 Å². The second-order valence-corrected chi connectivity index (χ2v) is 6.02. The van der Waals surface area contributed by atoms with Gasteiger partial charge in [0.25, 0.3) is 0 Å². The van der Waals surface area contributed by atoms with Crippen LogP contribution in [0.15, 0.2) is 40.9 Å². The molecule has 0 aliphatic rings. The molecule has 0 saturated carbocycles. The van der Waals surface area contributed by atoms with Crippen molar-refractivity contribution in [3.05, 3.63) is 68.7 Å². The van der Waals surface area contributed by atoms with E-state index >= 15 is 0 Å². The second-order valence-electron chi connectivity index (χ2n) is 4.70. The Bertz CT molecular complexity index is 632. The molecule has 0 aliphatic heterocycles. The van der Waals surface area contributed by atoms with E-state index in [1.807, 2.05) is 6.92 Å². The SMILES string of the molecule is CCCNC(c1cc(Br)ccc1F)c1cccc(Cl)c1F. The first-order valence-corrected chi connectivity index (χ1v) is 7.84. The van der Waals surface area contributed by atoms with E-state index in [1.54, 1.807) is 24.3 Å². The van der Waals surface area contributed by atoms with Crippen LogP contribution >= 0.6 is 27.5 Å². The zero-order valence-corrected chi connectivity index (χ0v) is 13.8. The predicted octanol–water partition coefficient (Wildman–Crippen LogP) is 5.47. The standard InChI is InChI=1S/C16H15BrClF2N/c1-2-8-21-16(11-4-3-5-13(18)15(11)20)12-9-10(17)6-7-14(12)19/h3-7,9,16,21H,2,8H2,1H3. The Balaban J connectivity index is 2.52. The fraction of sp³-hybridized carbons (Fsp3) is 0.250. The molecule has 2 rings (SSSR count). The lowest BCUT2D eigenvalue weighted by Crippen LogP contribution is -2.25. The third kappa shape index (κ3) is 3.82. The Kier molecular flexibility index (Phi) is 5.73. The molecule has 2 aromatic rings. The summed E-state index contributed by atoms with van der Waals surface area (Å²) in [5.41, 5.74) is 0.729. The molecule has 1 nitrogen and oxygen atoms in total. The highest BCUT2D eigenvalue weighted by Gasteiger charge is 2.22. The average Bonchev–Trinajstić information content (AvgIpc) is 2.47. The Morgan fingerprint density at radius 2 is 1.95 bits per heavy atom. The minimum Gasteiger partial charge on any atom is -0.306 e. The van der Waals surface area contributed by atoms with Crippen molar-refractivity contribution in [2.24, 2.45) is 0 Å². The summed E-state index contributed by atoms with van der Waals surface area (Å²) in [5.74, 6) is -0.904. The Hall–Kier alpha value is -0.970. The smallest absolute Gasteiger partial charge is 0.146 e. The normalized spacial score (nSPS) is 12.4. The summed E-state index contributed by atoms with van der Waals surface area (Å²) in [4.78, 5) is 0. The quantitative estimate of drug-likeness (QED) is 0.732. The van der Waals surface area contributed by atoms with Gasteiger partial charge in [-0.3, -0.25) is 0 Å². The van der Waals surface area contributed by atoms with Crippen LogP contribution in [-0.2, 0) is 0 Å². The van der Waals surface area contributed by atoms with E-state index < -0.39 is 11.9 Å². The lowest BCUT2D eigenvalue weighted by molar-refractivity contribution is 0.520. The Morgan fingerprint density at radius 1 is 1.19 bits per heavy atom. The number of rotatable bonds is 5. The van der Waals surface area contributed by atoms with Gasteiger partial charge < -0.3 is 5.32 Å². The second kappa shape index (κ2) is 7.34. The minimum atomic E-state index is -0.582. The van der Waals surface area contributed by atoms with Crippen LogP contribution in [0.4, 0.5) is 8.78 Å². The van der Waals surface area contributed by atoms with Crippen molar-refractivity contribution in [2.45, 2.75) is 19.4 Å². The maximum Gasteiger partial charge on any atom is 0.146 e. The van der Waals surface area contributed by atoms with Crippen molar-refractivity contribution in [3.8, 4) is 0 Å². The highest BCUT2D eigenvalue weighted by Crippen LogP contribution is 2.31. The Labute approximate surface area is 136 Å². The van der Waals surface area contributed by atoms with Crippen LogP contribution in [-0.4, -0.2) is 6.54 Å². The monoisotopic (exact) mass is 373 g/mol. The summed E-state index contributed by atoms with van der Waals surface area (Å²) in [7, 11) is 0. The van der Waals surface area contributed by atoms with Gasteiger partial charge in [0.15, 0.2) is 0 Å². The van der Waals surface area contributed by atoms with Crippen LogP contribution in [0.3, 0.4) is 0 Å². The van der Waals surface area contributed by atoms with E-state index in [2.05, 4.69) is 21.2 Å². The van der Waals surface area contributed by atoms with E-state index in [9.17, 15) is 8.78 Å². The minimum absolute atomic E-state index is 0.0335. The molecule has 0 aliphatic carbocycles. The van der Waals surface area contributed by atoms with Crippen LogP contribution in [0.1, 0.15) is 30.5 Å². The fourth-order valence-corrected chi connectivity index (χ4v) is 2.72. The van der Waals surface area contributed by atoms with Gasteiger partial charge in [0.1, 0.15) is 11.6 Å². The van der Waals surface area contributed by atoms with Crippen molar-refractivity contribution in [2.75, 3.05) is 6.54 Å². The molecule has 0 heterocycles. The number of nitrogens with one attached hydrogen (secondary N) is 1. The highest BCUT2D eigenvalue weighted by molar-refractivity contribution is 9.10. The molecule has 112 valence electrons. The first-order chi connectivity index (χ1) is 10.0. The van der Waals surface area contributed by atoms with Gasteiger partial charge in [0.2, 0.25) is 0 Å². The zero-order chi connectivity index (χ0) is 15.4. The molecule has 0 fully saturated rings. The largest absolute Gasteiger partial charge is 0.306 e. The predicted molar refractivity (Wildman–Crippen MR) is 85.6 cm³/mol. The third-order valence-corrected chi connectivity index (χ3v) is 3.95. The summed E-state index contributed by atoms with van der Waals surface area (Å²) in [6.45, 7) is 2.64. The summed E-state index contributed by atoms with van der Waals surface area (Å²) < 4.78 is 29.2. The van der Waals surface area contributed by atoms with Crippen LogP contribution in [0, 0.1) is 11.6 Å². The zero-order valence-electron chi connectivity index (χ0n) is 11.5. The average molecular weight is 375 g/mol. The molecule has 2 aromatic carbocycles. The van der Waals surface area contributed by atoms with E-state index in [4.69, 9.17) is 11.6 Å². The number of halogens is 4. The highest BCUT2D eigenvalue weighted by atomic mass is 79.9. The summed E-state index contributed by atoms with van der Waals surface area (Å²) in [6, 6.07) is 8.82. The van der Waals surface area contributed by atoms with Gasteiger partial charge in [-0.25, -0.2) is 8.78 Å². The maximum atomic E-state index is 14.3. The molecular weight excluding hydrogens is 360 g/mol. The molecule has 0 spiro atoms. The molecule has 0 amide bonds. The van der Waals surface area contributed by atoms with Gasteiger partial charge in [-0.05, 0) is 37.2 Å². The lowest BCUT2D eigenvalue weighted by Gasteiger charge is -2.21. The van der Waals surface area contributed by atoms with Crippen LogP contribution < -0.4 is 5.32 Å². The van der Waals surface area contributed by atoms with Crippen molar-refractivity contribution >= 4 is 27.5 Å². The molecule has 1 N–H and O–H groups in total. The summed E-state index contributed by atoms with van der Waals surface area (Å²) in [6.07, 6.45) is 0.855. The molecule has 0 saturated heterocycles. The summed E-state index contributed by atoms with van der Waals surface area (Å²) >= 11 is 9.17. The summed E-state index contributed by atoms with van der Waals surface area (Å²) in [5, 5.41) is 3.21. The van der Waals surface area contributed by atoms with E-state index in [-0.39, 0.29) is 10.8 Å². The van der Waals surface area contributed by atoms with Gasteiger partial charge in [0.05, 0.1) is 11.1 Å². The van der Waals surface area contributed by atoms with E-state index in [0.717, 1.165) is 10.9 Å². The van der Waals surface area contributed by atoms with Crippen molar-refractivity contribution in [3.63, 3.8) is 0 Å². The number of benzene rings is 2. The van der Waals surface area contributed by atoms with Crippen molar-refractivity contribution in [1.82, 2.24) is 5.32 Å². The van der Waals surface area contributed by atoms with Crippen LogP contribution in [0.25, 0.3) is 0 Å².